The van der Waals surface area contributed by atoms with Crippen LogP contribution < -0.4 is 10.2 Å². The SMILES string of the molecule is COC(=O)[C@@H]1CN(c2ccc(-c3ccccc3)cc2)C(=O)N1. The Morgan fingerprint density at radius 1 is 1.09 bits per heavy atom. The highest BCUT2D eigenvalue weighted by Gasteiger charge is 2.34. The lowest BCUT2D eigenvalue weighted by Gasteiger charge is -2.15. The van der Waals surface area contributed by atoms with Gasteiger partial charge in [0.15, 0.2) is 0 Å². The Morgan fingerprint density at radius 3 is 2.36 bits per heavy atom. The summed E-state index contributed by atoms with van der Waals surface area (Å²) in [6.07, 6.45) is 0. The summed E-state index contributed by atoms with van der Waals surface area (Å²) in [6.45, 7) is 0.274. The molecule has 0 bridgehead atoms. The van der Waals surface area contributed by atoms with E-state index >= 15 is 0 Å². The molecule has 1 atom stereocenters. The van der Waals surface area contributed by atoms with E-state index in [0.29, 0.717) is 0 Å². The molecule has 2 amide bonds. The minimum atomic E-state index is -0.619. The largest absolute Gasteiger partial charge is 0.467 e. The van der Waals surface area contributed by atoms with E-state index in [1.54, 1.807) is 0 Å². The zero-order chi connectivity index (χ0) is 15.5. The maximum absolute atomic E-state index is 12.0. The Morgan fingerprint density at radius 2 is 1.73 bits per heavy atom. The molecule has 1 N–H and O–H groups in total. The molecule has 22 heavy (non-hydrogen) atoms. The van der Waals surface area contributed by atoms with E-state index in [9.17, 15) is 9.59 Å². The van der Waals surface area contributed by atoms with Crippen LogP contribution in [0.5, 0.6) is 0 Å². The van der Waals surface area contributed by atoms with Crippen molar-refractivity contribution in [1.82, 2.24) is 5.32 Å². The molecule has 2 aromatic carbocycles. The lowest BCUT2D eigenvalue weighted by Crippen LogP contribution is -2.35. The summed E-state index contributed by atoms with van der Waals surface area (Å²) in [4.78, 5) is 25.0. The molecule has 1 fully saturated rings. The first-order valence-electron chi connectivity index (χ1n) is 7.00. The standard InChI is InChI=1S/C17H16N2O3/c1-22-16(20)15-11-19(17(21)18-15)14-9-7-13(8-10-14)12-5-3-2-4-6-12/h2-10,15H,11H2,1H3,(H,18,21)/t15-/m0/s1. The lowest BCUT2D eigenvalue weighted by molar-refractivity contribution is -0.142. The van der Waals surface area contributed by atoms with Gasteiger partial charge in [-0.3, -0.25) is 4.90 Å². The van der Waals surface area contributed by atoms with Crippen molar-refractivity contribution in [2.24, 2.45) is 0 Å². The molecule has 0 unspecified atom stereocenters. The number of nitrogens with one attached hydrogen (secondary N) is 1. The molecule has 5 nitrogen and oxygen atoms in total. The van der Waals surface area contributed by atoms with Gasteiger partial charge in [-0.05, 0) is 23.3 Å². The van der Waals surface area contributed by atoms with Gasteiger partial charge in [-0.2, -0.15) is 0 Å². The minimum absolute atomic E-state index is 0.274. The molecule has 1 aliphatic heterocycles. The van der Waals surface area contributed by atoms with Crippen molar-refractivity contribution in [2.75, 3.05) is 18.6 Å². The van der Waals surface area contributed by atoms with E-state index in [1.807, 2.05) is 54.6 Å². The highest BCUT2D eigenvalue weighted by atomic mass is 16.5. The van der Waals surface area contributed by atoms with Crippen molar-refractivity contribution in [1.29, 1.82) is 0 Å². The number of anilines is 1. The van der Waals surface area contributed by atoms with Crippen molar-refractivity contribution >= 4 is 17.7 Å². The van der Waals surface area contributed by atoms with Gasteiger partial charge in [0.25, 0.3) is 0 Å². The number of esters is 1. The minimum Gasteiger partial charge on any atom is -0.467 e. The normalized spacial score (nSPS) is 17.2. The Bertz CT molecular complexity index is 683. The fraction of sp³-hybridized carbons (Fsp3) is 0.176. The van der Waals surface area contributed by atoms with E-state index in [0.717, 1.165) is 16.8 Å². The van der Waals surface area contributed by atoms with Gasteiger partial charge in [0.2, 0.25) is 0 Å². The van der Waals surface area contributed by atoms with Crippen molar-refractivity contribution < 1.29 is 14.3 Å². The van der Waals surface area contributed by atoms with Crippen LogP contribution in [0.4, 0.5) is 10.5 Å². The molecule has 0 saturated carbocycles. The number of rotatable bonds is 3. The Labute approximate surface area is 128 Å². The summed E-state index contributed by atoms with van der Waals surface area (Å²) in [5.74, 6) is -0.434. The predicted octanol–water partition coefficient (Wildman–Crippen LogP) is 2.42. The predicted molar refractivity (Wildman–Crippen MR) is 83.6 cm³/mol. The van der Waals surface area contributed by atoms with E-state index in [-0.39, 0.29) is 12.6 Å². The number of hydrogen-bond acceptors (Lipinski definition) is 3. The topological polar surface area (TPSA) is 58.6 Å². The Hall–Kier alpha value is -2.82. The van der Waals surface area contributed by atoms with Crippen LogP contribution in [0.2, 0.25) is 0 Å². The number of amides is 2. The van der Waals surface area contributed by atoms with Crippen LogP contribution in [0.25, 0.3) is 11.1 Å². The monoisotopic (exact) mass is 296 g/mol. The summed E-state index contributed by atoms with van der Waals surface area (Å²) in [5.41, 5.74) is 2.95. The van der Waals surface area contributed by atoms with Crippen LogP contribution >= 0.6 is 0 Å². The molecule has 1 saturated heterocycles. The third-order valence-corrected chi connectivity index (χ3v) is 3.68. The van der Waals surface area contributed by atoms with Crippen LogP contribution in [0.3, 0.4) is 0 Å². The first-order valence-corrected chi connectivity index (χ1v) is 7.00. The third-order valence-electron chi connectivity index (χ3n) is 3.68. The van der Waals surface area contributed by atoms with Gasteiger partial charge in [0.05, 0.1) is 13.7 Å². The number of carbonyl (C=O) groups is 2. The van der Waals surface area contributed by atoms with Crippen molar-refractivity contribution in [2.45, 2.75) is 6.04 Å². The molecular formula is C17H16N2O3. The van der Waals surface area contributed by atoms with E-state index < -0.39 is 12.0 Å². The first kappa shape index (κ1) is 14.1. The van der Waals surface area contributed by atoms with Gasteiger partial charge in [-0.1, -0.05) is 42.5 Å². The average Bonchev–Trinajstić information content (AvgIpc) is 2.97. The number of benzene rings is 2. The molecule has 0 spiro atoms. The summed E-state index contributed by atoms with van der Waals surface area (Å²) in [6, 6.07) is 16.8. The van der Waals surface area contributed by atoms with Crippen LogP contribution in [0.1, 0.15) is 0 Å². The van der Waals surface area contributed by atoms with Crippen molar-refractivity contribution in [3.05, 3.63) is 54.6 Å². The van der Waals surface area contributed by atoms with E-state index in [2.05, 4.69) is 10.1 Å². The second kappa shape index (κ2) is 5.89. The number of carbonyl (C=O) groups excluding carboxylic acids is 2. The molecule has 5 heteroatoms. The van der Waals surface area contributed by atoms with Gasteiger partial charge in [0, 0.05) is 5.69 Å². The molecule has 2 aromatic rings. The second-order valence-corrected chi connectivity index (χ2v) is 5.05. The van der Waals surface area contributed by atoms with Crippen LogP contribution in [0.15, 0.2) is 54.6 Å². The summed E-state index contributed by atoms with van der Waals surface area (Å²) >= 11 is 0. The number of urea groups is 1. The fourth-order valence-corrected chi connectivity index (χ4v) is 2.50. The molecule has 0 aromatic heterocycles. The maximum atomic E-state index is 12.0. The highest BCUT2D eigenvalue weighted by Crippen LogP contribution is 2.24. The molecule has 1 aliphatic rings. The van der Waals surface area contributed by atoms with Crippen LogP contribution in [-0.2, 0) is 9.53 Å². The van der Waals surface area contributed by atoms with Gasteiger partial charge in [-0.15, -0.1) is 0 Å². The summed E-state index contributed by atoms with van der Waals surface area (Å²) in [7, 11) is 1.31. The number of ether oxygens (including phenoxy) is 1. The number of nitrogens with zero attached hydrogens (tertiary/aromatic N) is 1. The van der Waals surface area contributed by atoms with Crippen molar-refractivity contribution in [3.63, 3.8) is 0 Å². The van der Waals surface area contributed by atoms with Gasteiger partial charge < -0.3 is 10.1 Å². The average molecular weight is 296 g/mol. The third kappa shape index (κ3) is 2.65. The Balaban J connectivity index is 1.79. The van der Waals surface area contributed by atoms with Gasteiger partial charge in [-0.25, -0.2) is 9.59 Å². The molecule has 112 valence electrons. The maximum Gasteiger partial charge on any atom is 0.330 e. The van der Waals surface area contributed by atoms with Crippen molar-refractivity contribution in [3.8, 4) is 11.1 Å². The summed E-state index contributed by atoms with van der Waals surface area (Å²) in [5, 5.41) is 2.61. The Kier molecular flexibility index (Phi) is 3.78. The second-order valence-electron chi connectivity index (χ2n) is 5.05. The zero-order valence-electron chi connectivity index (χ0n) is 12.2. The number of hydrogen-bond donors (Lipinski definition) is 1. The smallest absolute Gasteiger partial charge is 0.330 e. The number of methoxy groups -OCH3 is 1. The zero-order valence-corrected chi connectivity index (χ0v) is 12.2. The quantitative estimate of drug-likeness (QED) is 0.885. The fourth-order valence-electron chi connectivity index (χ4n) is 2.50. The molecule has 1 heterocycles. The molecular weight excluding hydrogens is 280 g/mol. The highest BCUT2D eigenvalue weighted by molar-refractivity contribution is 5.99. The molecule has 0 radical (unpaired) electrons. The van der Waals surface area contributed by atoms with Crippen LogP contribution in [-0.4, -0.2) is 31.7 Å². The van der Waals surface area contributed by atoms with Crippen LogP contribution in [0, 0.1) is 0 Å². The molecule has 0 aliphatic carbocycles. The van der Waals surface area contributed by atoms with E-state index in [1.165, 1.54) is 12.0 Å². The lowest BCUT2D eigenvalue weighted by atomic mass is 10.1. The molecule has 3 rings (SSSR count). The van der Waals surface area contributed by atoms with Gasteiger partial charge in [0.1, 0.15) is 6.04 Å². The first-order chi connectivity index (χ1) is 10.7. The van der Waals surface area contributed by atoms with Gasteiger partial charge >= 0.3 is 12.0 Å². The van der Waals surface area contributed by atoms with E-state index in [4.69, 9.17) is 0 Å². The summed E-state index contributed by atoms with van der Waals surface area (Å²) < 4.78 is 4.66.